The number of aromatic nitrogens is 1. The van der Waals surface area contributed by atoms with Gasteiger partial charge in [0, 0.05) is 22.9 Å². The van der Waals surface area contributed by atoms with E-state index in [-0.39, 0.29) is 5.82 Å². The molecule has 0 spiro atoms. The summed E-state index contributed by atoms with van der Waals surface area (Å²) in [7, 11) is 0. The third kappa shape index (κ3) is 5.76. The fourth-order valence-corrected chi connectivity index (χ4v) is 5.78. The van der Waals surface area contributed by atoms with Crippen LogP contribution >= 0.6 is 11.6 Å². The molecular formula is C33H37ClFNO3. The van der Waals surface area contributed by atoms with Gasteiger partial charge in [-0.05, 0) is 99.4 Å². The molecule has 4 aromatic rings. The molecule has 1 heterocycles. The Morgan fingerprint density at radius 1 is 1.08 bits per heavy atom. The highest BCUT2D eigenvalue weighted by Crippen LogP contribution is 2.42. The van der Waals surface area contributed by atoms with Crippen LogP contribution in [0.2, 0.25) is 5.02 Å². The van der Waals surface area contributed by atoms with Gasteiger partial charge in [0.2, 0.25) is 0 Å². The Bertz CT molecular complexity index is 1560. The number of halogens is 2. The van der Waals surface area contributed by atoms with Crippen molar-refractivity contribution in [3.8, 4) is 5.75 Å². The molecule has 6 heteroatoms. The van der Waals surface area contributed by atoms with Gasteiger partial charge in [0.25, 0.3) is 0 Å². The highest BCUT2D eigenvalue weighted by atomic mass is 35.5. The van der Waals surface area contributed by atoms with Crippen LogP contribution in [-0.2, 0) is 13.0 Å². The van der Waals surface area contributed by atoms with Gasteiger partial charge < -0.3 is 19.5 Å². The van der Waals surface area contributed by atoms with Gasteiger partial charge in [0.05, 0.1) is 22.8 Å². The van der Waals surface area contributed by atoms with Crippen LogP contribution in [0, 0.1) is 5.82 Å². The lowest BCUT2D eigenvalue weighted by Crippen LogP contribution is -2.10. The van der Waals surface area contributed by atoms with Crippen molar-refractivity contribution in [2.45, 2.75) is 66.7 Å². The molecule has 0 fully saturated rings. The molecule has 206 valence electrons. The molecule has 2 N–H and O–H groups in total. The van der Waals surface area contributed by atoms with Gasteiger partial charge in [0.15, 0.2) is 6.29 Å². The third-order valence-corrected chi connectivity index (χ3v) is 7.54. The first kappa shape index (κ1) is 28.9. The Balaban J connectivity index is 1.75. The van der Waals surface area contributed by atoms with Crippen molar-refractivity contribution in [3.05, 3.63) is 93.4 Å². The lowest BCUT2D eigenvalue weighted by molar-refractivity contribution is -0.0487. The maximum absolute atomic E-state index is 13.7. The van der Waals surface area contributed by atoms with Crippen LogP contribution in [0.4, 0.5) is 4.39 Å². The van der Waals surface area contributed by atoms with Crippen molar-refractivity contribution in [3.63, 3.8) is 0 Å². The van der Waals surface area contributed by atoms with Crippen LogP contribution in [0.1, 0.15) is 70.6 Å². The van der Waals surface area contributed by atoms with Gasteiger partial charge in [-0.2, -0.15) is 0 Å². The number of allylic oxidation sites excluding steroid dienone is 4. The highest BCUT2D eigenvalue weighted by Gasteiger charge is 2.26. The number of fused-ring (bicyclic) bond motifs is 2. The number of ether oxygens (including phenoxy) is 1. The number of aliphatic hydroxyl groups excluding tert-OH is 1. The molecule has 1 aromatic heterocycles. The van der Waals surface area contributed by atoms with E-state index in [2.05, 4.69) is 33.8 Å². The summed E-state index contributed by atoms with van der Waals surface area (Å²) in [4.78, 5) is 0. The second kappa shape index (κ2) is 12.4. The summed E-state index contributed by atoms with van der Waals surface area (Å²) in [6.45, 7) is 11.4. The van der Waals surface area contributed by atoms with Gasteiger partial charge in [0.1, 0.15) is 11.6 Å². The first-order valence-electron chi connectivity index (χ1n) is 13.5. The molecule has 0 aliphatic carbocycles. The molecular weight excluding hydrogens is 513 g/mol. The van der Waals surface area contributed by atoms with Gasteiger partial charge in [-0.3, -0.25) is 0 Å². The molecule has 0 aliphatic rings. The van der Waals surface area contributed by atoms with Crippen LogP contribution in [-0.4, -0.2) is 21.4 Å². The summed E-state index contributed by atoms with van der Waals surface area (Å²) in [5, 5.41) is 24.4. The number of benzene rings is 3. The van der Waals surface area contributed by atoms with Crippen molar-refractivity contribution in [1.29, 1.82) is 0 Å². The summed E-state index contributed by atoms with van der Waals surface area (Å²) in [5.41, 5.74) is 6.57. The molecule has 0 unspecified atom stereocenters. The number of rotatable bonds is 10. The minimum Gasteiger partial charge on any atom is -0.493 e. The maximum atomic E-state index is 13.7. The van der Waals surface area contributed by atoms with Crippen molar-refractivity contribution >= 4 is 38.8 Å². The molecule has 0 amide bonds. The summed E-state index contributed by atoms with van der Waals surface area (Å²) in [6, 6.07) is 14.2. The van der Waals surface area contributed by atoms with Crippen LogP contribution < -0.4 is 4.74 Å². The largest absolute Gasteiger partial charge is 0.493 e. The van der Waals surface area contributed by atoms with Gasteiger partial charge in [-0.1, -0.05) is 48.4 Å². The minimum absolute atomic E-state index is 0.279. The fourth-order valence-electron chi connectivity index (χ4n) is 5.53. The van der Waals surface area contributed by atoms with Gasteiger partial charge in [-0.15, -0.1) is 0 Å². The number of aliphatic hydroxyl groups is 2. The smallest absolute Gasteiger partial charge is 0.194 e. The second-order valence-electron chi connectivity index (χ2n) is 10.1. The zero-order valence-corrected chi connectivity index (χ0v) is 24.1. The van der Waals surface area contributed by atoms with Crippen molar-refractivity contribution in [2.24, 2.45) is 0 Å². The average Bonchev–Trinajstić information content (AvgIpc) is 3.21. The molecule has 39 heavy (non-hydrogen) atoms. The molecule has 0 bridgehead atoms. The van der Waals surface area contributed by atoms with E-state index in [1.165, 1.54) is 12.1 Å². The van der Waals surface area contributed by atoms with Crippen LogP contribution in [0.3, 0.4) is 0 Å². The number of aryl methyl sites for hydroxylation is 2. The maximum Gasteiger partial charge on any atom is 0.194 e. The van der Waals surface area contributed by atoms with Crippen molar-refractivity contribution in [2.75, 3.05) is 6.61 Å². The van der Waals surface area contributed by atoms with Gasteiger partial charge >= 0.3 is 0 Å². The van der Waals surface area contributed by atoms with Crippen LogP contribution in [0.25, 0.3) is 27.2 Å². The Hall–Kier alpha value is -3.12. The summed E-state index contributed by atoms with van der Waals surface area (Å²) in [6.07, 6.45) is 2.52. The van der Waals surface area contributed by atoms with Crippen molar-refractivity contribution < 1.29 is 19.3 Å². The molecule has 0 aliphatic heterocycles. The van der Waals surface area contributed by atoms with Crippen LogP contribution in [0.15, 0.2) is 65.8 Å². The summed E-state index contributed by atoms with van der Waals surface area (Å²) in [5.74, 6) is 0.422. The lowest BCUT2D eigenvalue weighted by atomic mass is 9.92. The second-order valence-corrected chi connectivity index (χ2v) is 10.5. The van der Waals surface area contributed by atoms with E-state index >= 15 is 0 Å². The minimum atomic E-state index is -1.63. The normalized spacial score (nSPS) is 12.1. The molecule has 4 rings (SSSR count). The first-order chi connectivity index (χ1) is 18.7. The van der Waals surface area contributed by atoms with E-state index in [4.69, 9.17) is 16.3 Å². The first-order valence-corrected chi connectivity index (χ1v) is 13.9. The Morgan fingerprint density at radius 2 is 1.82 bits per heavy atom. The topological polar surface area (TPSA) is 54.6 Å². The average molecular weight is 550 g/mol. The van der Waals surface area contributed by atoms with Gasteiger partial charge in [-0.25, -0.2) is 4.39 Å². The van der Waals surface area contributed by atoms with E-state index in [0.717, 1.165) is 55.9 Å². The number of nitrogens with zero attached hydrogens (tertiary/aromatic N) is 1. The predicted molar refractivity (Wildman–Crippen MR) is 160 cm³/mol. The van der Waals surface area contributed by atoms with E-state index in [0.29, 0.717) is 42.5 Å². The molecule has 3 aromatic carbocycles. The molecule has 4 nitrogen and oxygen atoms in total. The lowest BCUT2D eigenvalue weighted by Gasteiger charge is -2.18. The Kier molecular flexibility index (Phi) is 9.16. The summed E-state index contributed by atoms with van der Waals surface area (Å²) >= 11 is 6.87. The zero-order chi connectivity index (χ0) is 28.3. The van der Waals surface area contributed by atoms with E-state index < -0.39 is 6.29 Å². The van der Waals surface area contributed by atoms with E-state index in [1.54, 1.807) is 6.07 Å². The molecule has 0 saturated carbocycles. The predicted octanol–water partition coefficient (Wildman–Crippen LogP) is 8.75. The third-order valence-electron chi connectivity index (χ3n) is 7.22. The quantitative estimate of drug-likeness (QED) is 0.118. The SMILES string of the molecule is C/C=C(/C)C(=C(C)C)c1c(Cl)ccc2c(CCCOc3cccc4cc(F)ccc34)c(C(O)O)n(CCC)c12. The monoisotopic (exact) mass is 549 g/mol. The summed E-state index contributed by atoms with van der Waals surface area (Å²) < 4.78 is 21.8. The fraction of sp³-hybridized carbons (Fsp3) is 0.333. The highest BCUT2D eigenvalue weighted by molar-refractivity contribution is 6.34. The molecule has 0 saturated heterocycles. The van der Waals surface area contributed by atoms with Crippen molar-refractivity contribution in [1.82, 2.24) is 4.57 Å². The Labute approximate surface area is 235 Å². The zero-order valence-electron chi connectivity index (χ0n) is 23.3. The Morgan fingerprint density at radius 3 is 2.49 bits per heavy atom. The number of hydrogen-bond acceptors (Lipinski definition) is 3. The molecule has 0 atom stereocenters. The van der Waals surface area contributed by atoms with Crippen LogP contribution in [0.5, 0.6) is 5.75 Å². The standard InChI is InChI=1S/C33H37ClFNO3/c1-6-17-36-31-26(15-16-27(34)30(31)29(20(3)4)21(5)7-2)25(32(36)33(37)38)11-9-18-39-28-12-8-10-22-19-23(35)13-14-24(22)28/h7-8,10,12-16,19,33,37-38H,6,9,11,17-18H2,1-5H3/b21-7-. The number of hydrogen-bond donors (Lipinski definition) is 2. The molecule has 0 radical (unpaired) electrons. The van der Waals surface area contributed by atoms with E-state index in [9.17, 15) is 14.6 Å². The van der Waals surface area contributed by atoms with E-state index in [1.807, 2.05) is 41.8 Å².